The van der Waals surface area contributed by atoms with Crippen molar-refractivity contribution in [2.24, 2.45) is 0 Å². The quantitative estimate of drug-likeness (QED) is 0.926. The molecule has 1 heterocycles. The van der Waals surface area contributed by atoms with E-state index >= 15 is 0 Å². The fourth-order valence-corrected chi connectivity index (χ4v) is 2.35. The monoisotopic (exact) mass is 273 g/mol. The van der Waals surface area contributed by atoms with Gasteiger partial charge in [0.15, 0.2) is 0 Å². The Morgan fingerprint density at radius 1 is 1.22 bits per heavy atom. The third-order valence-electron chi connectivity index (χ3n) is 2.34. The van der Waals surface area contributed by atoms with E-state index in [1.165, 1.54) is 11.3 Å². The summed E-state index contributed by atoms with van der Waals surface area (Å²) in [4.78, 5) is 1.07. The lowest BCUT2D eigenvalue weighted by atomic mass is 10.2. The summed E-state index contributed by atoms with van der Waals surface area (Å²) in [5.74, 6) is 0. The van der Waals surface area contributed by atoms with Crippen LogP contribution >= 0.6 is 22.9 Å². The van der Waals surface area contributed by atoms with E-state index in [1.807, 2.05) is 23.6 Å². The normalized spacial score (nSPS) is 9.50. The number of nitrogens with one attached hydrogen (secondary N) is 1. The fourth-order valence-electron chi connectivity index (χ4n) is 1.44. The zero-order chi connectivity index (χ0) is 13.0. The van der Waals surface area contributed by atoms with Gasteiger partial charge in [0, 0.05) is 22.5 Å². The van der Waals surface area contributed by atoms with E-state index in [9.17, 15) is 0 Å². The molecule has 0 amide bonds. The minimum atomic E-state index is 0.450. The Balaban J connectivity index is 2.07. The highest BCUT2D eigenvalue weighted by Gasteiger charge is 2.02. The van der Waals surface area contributed by atoms with Crippen LogP contribution in [0.1, 0.15) is 16.0 Å². The van der Waals surface area contributed by atoms with Crippen LogP contribution in [0.25, 0.3) is 0 Å². The predicted molar refractivity (Wildman–Crippen MR) is 72.5 cm³/mol. The molecule has 0 unspecified atom stereocenters. The third-order valence-corrected chi connectivity index (χ3v) is 3.60. The van der Waals surface area contributed by atoms with E-state index < -0.39 is 0 Å². The zero-order valence-electron chi connectivity index (χ0n) is 9.27. The first-order valence-corrected chi connectivity index (χ1v) is 6.39. The van der Waals surface area contributed by atoms with E-state index in [0.717, 1.165) is 10.6 Å². The van der Waals surface area contributed by atoms with Gasteiger partial charge in [-0.25, -0.2) is 0 Å². The van der Waals surface area contributed by atoms with Crippen molar-refractivity contribution in [3.8, 4) is 12.1 Å². The Bertz CT molecular complexity index is 649. The molecule has 0 saturated heterocycles. The van der Waals surface area contributed by atoms with Crippen molar-refractivity contribution in [2.75, 3.05) is 5.32 Å². The highest BCUT2D eigenvalue weighted by Crippen LogP contribution is 2.21. The minimum Gasteiger partial charge on any atom is -0.380 e. The average Bonchev–Trinajstić information content (AvgIpc) is 2.86. The van der Waals surface area contributed by atoms with Crippen molar-refractivity contribution >= 4 is 28.6 Å². The molecule has 0 spiro atoms. The molecule has 0 saturated carbocycles. The molecule has 18 heavy (non-hydrogen) atoms. The standard InChI is InChI=1S/C13H8ClN3S/c14-13-2-1-11(4-10(13)6-16)17-7-12-3-9(5-15)8-18-12/h1-4,8,17H,7H2. The summed E-state index contributed by atoms with van der Waals surface area (Å²) in [6.45, 7) is 0.624. The molecule has 2 rings (SSSR count). The van der Waals surface area contributed by atoms with Crippen LogP contribution in [0, 0.1) is 22.7 Å². The number of rotatable bonds is 3. The second-order valence-electron chi connectivity index (χ2n) is 3.57. The van der Waals surface area contributed by atoms with Crippen molar-refractivity contribution in [3.63, 3.8) is 0 Å². The summed E-state index contributed by atoms with van der Waals surface area (Å²) in [7, 11) is 0. The zero-order valence-corrected chi connectivity index (χ0v) is 10.8. The molecule has 0 atom stereocenters. The van der Waals surface area contributed by atoms with Gasteiger partial charge in [-0.15, -0.1) is 11.3 Å². The second kappa shape index (κ2) is 5.55. The van der Waals surface area contributed by atoms with Crippen molar-refractivity contribution in [2.45, 2.75) is 6.54 Å². The molecule has 1 N–H and O–H groups in total. The molecule has 0 aliphatic carbocycles. The molecule has 0 aliphatic rings. The molecular weight excluding hydrogens is 266 g/mol. The summed E-state index contributed by atoms with van der Waals surface area (Å²) in [5.41, 5.74) is 1.96. The van der Waals surface area contributed by atoms with Crippen LogP contribution < -0.4 is 5.32 Å². The van der Waals surface area contributed by atoms with Gasteiger partial charge in [0.25, 0.3) is 0 Å². The maximum atomic E-state index is 8.87. The molecular formula is C13H8ClN3S. The average molecular weight is 274 g/mol. The van der Waals surface area contributed by atoms with E-state index in [2.05, 4.69) is 11.4 Å². The Labute approximate surface area is 114 Å². The first kappa shape index (κ1) is 12.4. The first-order valence-electron chi connectivity index (χ1n) is 5.14. The van der Waals surface area contributed by atoms with Crippen LogP contribution in [0.5, 0.6) is 0 Å². The van der Waals surface area contributed by atoms with Crippen LogP contribution in [0.4, 0.5) is 5.69 Å². The SMILES string of the molecule is N#Cc1csc(CNc2ccc(Cl)c(C#N)c2)c1. The number of hydrogen-bond acceptors (Lipinski definition) is 4. The molecule has 1 aromatic carbocycles. The number of hydrogen-bond donors (Lipinski definition) is 1. The predicted octanol–water partition coefficient (Wildman–Crippen LogP) is 3.76. The Hall–Kier alpha value is -2.01. The number of halogens is 1. The largest absolute Gasteiger partial charge is 0.380 e. The van der Waals surface area contributed by atoms with Gasteiger partial charge in [0.2, 0.25) is 0 Å². The smallest absolute Gasteiger partial charge is 0.101 e. The third kappa shape index (κ3) is 2.81. The lowest BCUT2D eigenvalue weighted by Gasteiger charge is -2.05. The summed E-state index contributed by atoms with van der Waals surface area (Å²) >= 11 is 7.38. The van der Waals surface area contributed by atoms with Crippen LogP contribution in [-0.4, -0.2) is 0 Å². The number of nitrogens with zero attached hydrogens (tertiary/aromatic N) is 2. The van der Waals surface area contributed by atoms with Gasteiger partial charge in [-0.05, 0) is 24.3 Å². The summed E-state index contributed by atoms with van der Waals surface area (Å²) in [6.07, 6.45) is 0. The van der Waals surface area contributed by atoms with Gasteiger partial charge >= 0.3 is 0 Å². The Morgan fingerprint density at radius 2 is 2.06 bits per heavy atom. The van der Waals surface area contributed by atoms with Gasteiger partial charge in [0.05, 0.1) is 16.1 Å². The molecule has 0 radical (unpaired) electrons. The van der Waals surface area contributed by atoms with Crippen LogP contribution in [0.3, 0.4) is 0 Å². The van der Waals surface area contributed by atoms with Crippen molar-refractivity contribution in [1.82, 2.24) is 0 Å². The number of thiophene rings is 1. The van der Waals surface area contributed by atoms with Crippen molar-refractivity contribution < 1.29 is 0 Å². The summed E-state index contributed by atoms with van der Waals surface area (Å²) in [6, 6.07) is 11.2. The van der Waals surface area contributed by atoms with Gasteiger partial charge in [-0.2, -0.15) is 10.5 Å². The van der Waals surface area contributed by atoms with E-state index in [-0.39, 0.29) is 0 Å². The van der Waals surface area contributed by atoms with Gasteiger partial charge in [-0.3, -0.25) is 0 Å². The van der Waals surface area contributed by atoms with Gasteiger partial charge in [-0.1, -0.05) is 11.6 Å². The van der Waals surface area contributed by atoms with Crippen molar-refractivity contribution in [1.29, 1.82) is 10.5 Å². The van der Waals surface area contributed by atoms with E-state index in [4.69, 9.17) is 22.1 Å². The molecule has 3 nitrogen and oxygen atoms in total. The highest BCUT2D eigenvalue weighted by atomic mass is 35.5. The summed E-state index contributed by atoms with van der Waals surface area (Å²) < 4.78 is 0. The van der Waals surface area contributed by atoms with Crippen LogP contribution in [0.2, 0.25) is 5.02 Å². The van der Waals surface area contributed by atoms with Gasteiger partial charge in [0.1, 0.15) is 12.1 Å². The minimum absolute atomic E-state index is 0.450. The van der Waals surface area contributed by atoms with Crippen LogP contribution in [0.15, 0.2) is 29.6 Å². The van der Waals surface area contributed by atoms with E-state index in [0.29, 0.717) is 22.7 Å². The topological polar surface area (TPSA) is 59.6 Å². The number of anilines is 1. The molecule has 1 aromatic heterocycles. The first-order chi connectivity index (χ1) is 8.72. The molecule has 0 fully saturated rings. The lowest BCUT2D eigenvalue weighted by molar-refractivity contribution is 1.19. The molecule has 0 bridgehead atoms. The molecule has 88 valence electrons. The second-order valence-corrected chi connectivity index (χ2v) is 4.98. The molecule has 0 aliphatic heterocycles. The fraction of sp³-hybridized carbons (Fsp3) is 0.0769. The maximum absolute atomic E-state index is 8.87. The van der Waals surface area contributed by atoms with Crippen molar-refractivity contribution in [3.05, 3.63) is 50.7 Å². The maximum Gasteiger partial charge on any atom is 0.101 e. The Kier molecular flexibility index (Phi) is 3.84. The number of benzene rings is 1. The van der Waals surface area contributed by atoms with Crippen LogP contribution in [-0.2, 0) is 6.54 Å². The Morgan fingerprint density at radius 3 is 2.72 bits per heavy atom. The highest BCUT2D eigenvalue weighted by molar-refractivity contribution is 7.10. The lowest BCUT2D eigenvalue weighted by Crippen LogP contribution is -1.97. The molecule has 2 aromatic rings. The van der Waals surface area contributed by atoms with Gasteiger partial charge < -0.3 is 5.32 Å². The van der Waals surface area contributed by atoms with E-state index in [1.54, 1.807) is 12.1 Å². The number of nitriles is 2. The summed E-state index contributed by atoms with van der Waals surface area (Å²) in [5, 5.41) is 23.0. The molecule has 5 heteroatoms.